The highest BCUT2D eigenvalue weighted by Gasteiger charge is 2.39. The molecular weight excluding hydrogens is 314 g/mol. The molecule has 4 rings (SSSR count). The van der Waals surface area contributed by atoms with Crippen LogP contribution in [0.25, 0.3) is 11.5 Å². The van der Waals surface area contributed by atoms with Crippen molar-refractivity contribution in [1.82, 2.24) is 19.9 Å². The van der Waals surface area contributed by atoms with Gasteiger partial charge in [0.1, 0.15) is 0 Å². The predicted octanol–water partition coefficient (Wildman–Crippen LogP) is 2.74. The normalized spacial score (nSPS) is 15.7. The van der Waals surface area contributed by atoms with Crippen molar-refractivity contribution in [3.05, 3.63) is 54.1 Å². The molecule has 0 atom stereocenters. The molecule has 0 saturated heterocycles. The maximum Gasteiger partial charge on any atom is 0.257 e. The molecule has 0 spiro atoms. The van der Waals surface area contributed by atoms with E-state index < -0.39 is 0 Å². The fourth-order valence-corrected chi connectivity index (χ4v) is 2.66. The van der Waals surface area contributed by atoms with E-state index in [1.807, 2.05) is 41.2 Å². The smallest absolute Gasteiger partial charge is 0.257 e. The van der Waals surface area contributed by atoms with Crippen molar-refractivity contribution in [3.8, 4) is 11.5 Å². The van der Waals surface area contributed by atoms with E-state index in [-0.39, 0.29) is 17.9 Å². The molecule has 1 saturated carbocycles. The van der Waals surface area contributed by atoms with Crippen molar-refractivity contribution < 1.29 is 4.52 Å². The Balaban J connectivity index is 0.00000156. The molecule has 6 nitrogen and oxygen atoms in total. The monoisotopic (exact) mass is 331 g/mol. The van der Waals surface area contributed by atoms with Crippen LogP contribution in [0.3, 0.4) is 0 Å². The van der Waals surface area contributed by atoms with Crippen LogP contribution in [0.5, 0.6) is 0 Å². The highest BCUT2D eigenvalue weighted by Crippen LogP contribution is 2.37. The first kappa shape index (κ1) is 15.7. The number of hydrogen-bond donors (Lipinski definition) is 1. The minimum atomic E-state index is -0.387. The van der Waals surface area contributed by atoms with Gasteiger partial charge < -0.3 is 10.3 Å². The van der Waals surface area contributed by atoms with E-state index in [4.69, 9.17) is 10.3 Å². The summed E-state index contributed by atoms with van der Waals surface area (Å²) in [5, 5.41) is 8.24. The van der Waals surface area contributed by atoms with Gasteiger partial charge >= 0.3 is 0 Å². The Morgan fingerprint density at radius 1 is 1.22 bits per heavy atom. The number of halogens is 1. The standard InChI is InChI=1S/C16H17N5O.ClH/c17-16(7-1-8-16)15-19-14(22-20-15)13-5-3-12(4-6-13)11-21-10-2-9-18-21;/h2-6,9-10H,1,7-8,11,17H2;1H. The van der Waals surface area contributed by atoms with Crippen LogP contribution < -0.4 is 5.73 Å². The van der Waals surface area contributed by atoms with Gasteiger partial charge in [-0.15, -0.1) is 12.4 Å². The summed E-state index contributed by atoms with van der Waals surface area (Å²) in [4.78, 5) is 4.46. The Morgan fingerprint density at radius 3 is 2.61 bits per heavy atom. The summed E-state index contributed by atoms with van der Waals surface area (Å²) < 4.78 is 7.24. The van der Waals surface area contributed by atoms with E-state index in [1.165, 1.54) is 5.56 Å². The van der Waals surface area contributed by atoms with Crippen LogP contribution in [0.2, 0.25) is 0 Å². The van der Waals surface area contributed by atoms with Gasteiger partial charge in [0.15, 0.2) is 5.82 Å². The molecule has 0 unspecified atom stereocenters. The minimum absolute atomic E-state index is 0. The van der Waals surface area contributed by atoms with E-state index in [0.29, 0.717) is 11.7 Å². The van der Waals surface area contributed by atoms with Gasteiger partial charge in [-0.3, -0.25) is 4.68 Å². The third kappa shape index (κ3) is 3.00. The molecule has 0 amide bonds. The van der Waals surface area contributed by atoms with E-state index in [1.54, 1.807) is 6.20 Å². The van der Waals surface area contributed by atoms with Gasteiger partial charge in [-0.05, 0) is 43.0 Å². The predicted molar refractivity (Wildman–Crippen MR) is 88.0 cm³/mol. The van der Waals surface area contributed by atoms with Gasteiger partial charge in [0, 0.05) is 18.0 Å². The summed E-state index contributed by atoms with van der Waals surface area (Å²) in [6.07, 6.45) is 6.70. The number of benzene rings is 1. The molecule has 2 aromatic heterocycles. The number of nitrogens with two attached hydrogens (primary N) is 1. The summed E-state index contributed by atoms with van der Waals surface area (Å²) in [5.74, 6) is 1.15. The Morgan fingerprint density at radius 2 is 2.00 bits per heavy atom. The van der Waals surface area contributed by atoms with Gasteiger partial charge in [0.2, 0.25) is 0 Å². The summed E-state index contributed by atoms with van der Waals surface area (Å²) >= 11 is 0. The molecule has 1 aromatic carbocycles. The van der Waals surface area contributed by atoms with Gasteiger partial charge in [0.25, 0.3) is 5.89 Å². The SMILES string of the molecule is Cl.NC1(c2noc(-c3ccc(Cn4cccn4)cc3)n2)CCC1. The molecule has 0 aliphatic heterocycles. The zero-order chi connectivity index (χ0) is 15.0. The number of hydrogen-bond acceptors (Lipinski definition) is 5. The fourth-order valence-electron chi connectivity index (χ4n) is 2.66. The summed E-state index contributed by atoms with van der Waals surface area (Å²) in [7, 11) is 0. The molecule has 23 heavy (non-hydrogen) atoms. The number of nitrogens with zero attached hydrogens (tertiary/aromatic N) is 4. The lowest BCUT2D eigenvalue weighted by molar-refractivity contribution is 0.229. The first-order valence-electron chi connectivity index (χ1n) is 7.43. The minimum Gasteiger partial charge on any atom is -0.334 e. The largest absolute Gasteiger partial charge is 0.334 e. The molecule has 3 aromatic rings. The van der Waals surface area contributed by atoms with Crippen LogP contribution in [-0.4, -0.2) is 19.9 Å². The highest BCUT2D eigenvalue weighted by molar-refractivity contribution is 5.85. The van der Waals surface area contributed by atoms with Gasteiger partial charge in [-0.1, -0.05) is 17.3 Å². The molecule has 1 aliphatic carbocycles. The summed E-state index contributed by atoms with van der Waals surface area (Å²) in [6.45, 7) is 0.744. The lowest BCUT2D eigenvalue weighted by atomic mass is 9.77. The second-order valence-electron chi connectivity index (χ2n) is 5.83. The quantitative estimate of drug-likeness (QED) is 0.794. The Hall–Kier alpha value is -2.18. The molecular formula is C16H18ClN5O. The van der Waals surface area contributed by atoms with Crippen LogP contribution in [0, 0.1) is 0 Å². The Bertz CT molecular complexity index is 762. The highest BCUT2D eigenvalue weighted by atomic mass is 35.5. The fraction of sp³-hybridized carbons (Fsp3) is 0.312. The number of aromatic nitrogens is 4. The van der Waals surface area contributed by atoms with Crippen molar-refractivity contribution in [3.63, 3.8) is 0 Å². The molecule has 1 fully saturated rings. The van der Waals surface area contributed by atoms with Crippen molar-refractivity contribution >= 4 is 12.4 Å². The van der Waals surface area contributed by atoms with E-state index >= 15 is 0 Å². The molecule has 7 heteroatoms. The average Bonchev–Trinajstić information content (AvgIpc) is 3.17. The average molecular weight is 332 g/mol. The van der Waals surface area contributed by atoms with Crippen molar-refractivity contribution in [2.75, 3.05) is 0 Å². The topological polar surface area (TPSA) is 82.8 Å². The van der Waals surface area contributed by atoms with Gasteiger partial charge in [-0.25, -0.2) is 0 Å². The maximum atomic E-state index is 6.22. The Labute approximate surface area is 140 Å². The van der Waals surface area contributed by atoms with E-state index in [9.17, 15) is 0 Å². The van der Waals surface area contributed by atoms with Crippen molar-refractivity contribution in [2.24, 2.45) is 5.73 Å². The lowest BCUT2D eigenvalue weighted by Crippen LogP contribution is -2.44. The van der Waals surface area contributed by atoms with Crippen LogP contribution >= 0.6 is 12.4 Å². The molecule has 1 aliphatic rings. The van der Waals surface area contributed by atoms with Crippen LogP contribution in [-0.2, 0) is 12.1 Å². The van der Waals surface area contributed by atoms with E-state index in [2.05, 4.69) is 15.2 Å². The Kier molecular flexibility index (Phi) is 4.19. The second-order valence-corrected chi connectivity index (χ2v) is 5.83. The van der Waals surface area contributed by atoms with Gasteiger partial charge in [0.05, 0.1) is 12.1 Å². The molecule has 0 radical (unpaired) electrons. The molecule has 0 bridgehead atoms. The molecule has 2 N–H and O–H groups in total. The number of rotatable bonds is 4. The maximum absolute atomic E-state index is 6.22. The third-order valence-electron chi connectivity index (χ3n) is 4.22. The zero-order valence-electron chi connectivity index (χ0n) is 12.6. The molecule has 2 heterocycles. The third-order valence-corrected chi connectivity index (χ3v) is 4.22. The van der Waals surface area contributed by atoms with Crippen molar-refractivity contribution in [1.29, 1.82) is 0 Å². The van der Waals surface area contributed by atoms with E-state index in [0.717, 1.165) is 31.4 Å². The molecule has 120 valence electrons. The first-order valence-corrected chi connectivity index (χ1v) is 7.43. The van der Waals surface area contributed by atoms with Gasteiger partial charge in [-0.2, -0.15) is 10.1 Å². The first-order chi connectivity index (χ1) is 10.7. The summed E-state index contributed by atoms with van der Waals surface area (Å²) in [6, 6.07) is 9.97. The zero-order valence-corrected chi connectivity index (χ0v) is 13.4. The van der Waals surface area contributed by atoms with Crippen molar-refractivity contribution in [2.45, 2.75) is 31.3 Å². The second kappa shape index (κ2) is 6.14. The van der Waals surface area contributed by atoms with Crippen LogP contribution in [0.15, 0.2) is 47.2 Å². The van der Waals surface area contributed by atoms with Crippen LogP contribution in [0.1, 0.15) is 30.7 Å². The summed E-state index contributed by atoms with van der Waals surface area (Å²) in [5.41, 5.74) is 7.91. The van der Waals surface area contributed by atoms with Crippen LogP contribution in [0.4, 0.5) is 0 Å². The lowest BCUT2D eigenvalue weighted by Gasteiger charge is -2.34.